The zero-order valence-corrected chi connectivity index (χ0v) is 13.8. The summed E-state index contributed by atoms with van der Waals surface area (Å²) in [5.41, 5.74) is 0.385. The van der Waals surface area contributed by atoms with Crippen LogP contribution in [0.25, 0.3) is 0 Å². The first-order valence-electron chi connectivity index (χ1n) is 6.27. The van der Waals surface area contributed by atoms with Crippen molar-refractivity contribution < 1.29 is 17.5 Å². The number of benzene rings is 1. The number of halogens is 2. The monoisotopic (exact) mass is 347 g/mol. The Balaban J connectivity index is 2.48. The van der Waals surface area contributed by atoms with Gasteiger partial charge in [-0.15, -0.1) is 0 Å². The fraction of sp³-hybridized carbons (Fsp3) is 0.308. The topological polar surface area (TPSA) is 73.2 Å². The van der Waals surface area contributed by atoms with E-state index in [1.165, 1.54) is 23.9 Å². The molecule has 1 aromatic carbocycles. The number of nitrogens with zero attached hydrogens (tertiary/aromatic N) is 2. The molecular formula is C13H15ClFN3O3S. The maximum Gasteiger partial charge on any atom is 0.265 e. The van der Waals surface area contributed by atoms with Gasteiger partial charge in [-0.05, 0) is 26.0 Å². The van der Waals surface area contributed by atoms with E-state index in [-0.39, 0.29) is 28.0 Å². The third-order valence-electron chi connectivity index (χ3n) is 3.03. The van der Waals surface area contributed by atoms with Gasteiger partial charge in [-0.2, -0.15) is 5.10 Å². The summed E-state index contributed by atoms with van der Waals surface area (Å²) in [7, 11) is -2.56. The van der Waals surface area contributed by atoms with Crippen LogP contribution in [-0.2, 0) is 21.5 Å². The second kappa shape index (κ2) is 6.23. The standard InChI is InChI=1S/C13H15ClFN3O3S/c1-8-13(9(2)18(16-8)7-21-3)22(19,20)17-12-10(14)5-4-6-11(12)15/h4-6,17H,7H2,1-3H3. The average Bonchev–Trinajstić information content (AvgIpc) is 2.70. The van der Waals surface area contributed by atoms with E-state index in [1.54, 1.807) is 13.8 Å². The number of hydrogen-bond donors (Lipinski definition) is 1. The molecule has 0 spiro atoms. The molecule has 0 aliphatic carbocycles. The summed E-state index contributed by atoms with van der Waals surface area (Å²) in [6, 6.07) is 3.91. The lowest BCUT2D eigenvalue weighted by atomic mass is 10.3. The molecule has 6 nitrogen and oxygen atoms in total. The SMILES string of the molecule is COCn1nc(C)c(S(=O)(=O)Nc2c(F)cccc2Cl)c1C. The van der Waals surface area contributed by atoms with Crippen molar-refractivity contribution in [3.05, 3.63) is 40.4 Å². The zero-order chi connectivity index (χ0) is 16.5. The quantitative estimate of drug-likeness (QED) is 0.902. The molecule has 0 amide bonds. The summed E-state index contributed by atoms with van der Waals surface area (Å²) < 4.78 is 47.4. The normalized spacial score (nSPS) is 11.7. The Bertz CT molecular complexity index is 785. The third-order valence-corrected chi connectivity index (χ3v) is 4.95. The number of rotatable bonds is 5. The highest BCUT2D eigenvalue weighted by atomic mass is 35.5. The van der Waals surface area contributed by atoms with Gasteiger partial charge in [-0.25, -0.2) is 17.5 Å². The number of aromatic nitrogens is 2. The summed E-state index contributed by atoms with van der Waals surface area (Å²) in [6.07, 6.45) is 0. The molecule has 2 aromatic rings. The molecule has 9 heteroatoms. The molecule has 0 aliphatic heterocycles. The lowest BCUT2D eigenvalue weighted by Crippen LogP contribution is -2.16. The van der Waals surface area contributed by atoms with Crippen molar-refractivity contribution in [2.75, 3.05) is 11.8 Å². The van der Waals surface area contributed by atoms with Crippen LogP contribution < -0.4 is 4.72 Å². The summed E-state index contributed by atoms with van der Waals surface area (Å²) >= 11 is 5.85. The van der Waals surface area contributed by atoms with Crippen LogP contribution in [0.5, 0.6) is 0 Å². The van der Waals surface area contributed by atoms with Crippen LogP contribution >= 0.6 is 11.6 Å². The number of ether oxygens (including phenoxy) is 1. The predicted octanol–water partition coefficient (Wildman–Crippen LogP) is 2.70. The minimum absolute atomic E-state index is 0.0242. The predicted molar refractivity (Wildman–Crippen MR) is 80.9 cm³/mol. The highest BCUT2D eigenvalue weighted by Gasteiger charge is 2.26. The Morgan fingerprint density at radius 3 is 2.68 bits per heavy atom. The smallest absolute Gasteiger partial charge is 0.265 e. The van der Waals surface area contributed by atoms with Crippen molar-refractivity contribution in [2.24, 2.45) is 0 Å². The second-order valence-corrected chi connectivity index (χ2v) is 6.65. The fourth-order valence-electron chi connectivity index (χ4n) is 2.10. The summed E-state index contributed by atoms with van der Waals surface area (Å²) in [5, 5.41) is 4.07. The summed E-state index contributed by atoms with van der Waals surface area (Å²) in [6.45, 7) is 3.26. The first-order chi connectivity index (χ1) is 10.3. The largest absolute Gasteiger partial charge is 0.362 e. The van der Waals surface area contributed by atoms with Gasteiger partial charge in [0.2, 0.25) is 0 Å². The number of para-hydroxylation sites is 1. The molecule has 0 unspecified atom stereocenters. The van der Waals surface area contributed by atoms with E-state index in [4.69, 9.17) is 16.3 Å². The van der Waals surface area contributed by atoms with Crippen molar-refractivity contribution in [2.45, 2.75) is 25.5 Å². The summed E-state index contributed by atoms with van der Waals surface area (Å²) in [4.78, 5) is -0.0242. The number of hydrogen-bond acceptors (Lipinski definition) is 4. The number of sulfonamides is 1. The molecule has 1 heterocycles. The highest BCUT2D eigenvalue weighted by molar-refractivity contribution is 7.92. The van der Waals surface area contributed by atoms with Crippen LogP contribution in [-0.4, -0.2) is 25.3 Å². The molecule has 1 aromatic heterocycles. The van der Waals surface area contributed by atoms with Crippen molar-refractivity contribution in [3.63, 3.8) is 0 Å². The first-order valence-corrected chi connectivity index (χ1v) is 8.14. The van der Waals surface area contributed by atoms with Crippen molar-refractivity contribution in [1.82, 2.24) is 9.78 Å². The highest BCUT2D eigenvalue weighted by Crippen LogP contribution is 2.29. The van der Waals surface area contributed by atoms with Crippen molar-refractivity contribution in [3.8, 4) is 0 Å². The zero-order valence-electron chi connectivity index (χ0n) is 12.2. The molecule has 0 bridgehead atoms. The lowest BCUT2D eigenvalue weighted by Gasteiger charge is -2.11. The molecule has 1 N–H and O–H groups in total. The van der Waals surface area contributed by atoms with Gasteiger partial charge in [0.05, 0.1) is 16.4 Å². The number of methoxy groups -OCH3 is 1. The van der Waals surface area contributed by atoms with Gasteiger partial charge >= 0.3 is 0 Å². The molecule has 120 valence electrons. The van der Waals surface area contributed by atoms with Gasteiger partial charge in [-0.3, -0.25) is 4.72 Å². The molecule has 2 rings (SSSR count). The average molecular weight is 348 g/mol. The van der Waals surface area contributed by atoms with Crippen molar-refractivity contribution >= 4 is 27.3 Å². The summed E-state index contributed by atoms with van der Waals surface area (Å²) in [5.74, 6) is -0.754. The number of anilines is 1. The molecule has 0 fully saturated rings. The Morgan fingerprint density at radius 2 is 2.09 bits per heavy atom. The van der Waals surface area contributed by atoms with E-state index < -0.39 is 15.8 Å². The van der Waals surface area contributed by atoms with Crippen LogP contribution in [0.15, 0.2) is 23.1 Å². The molecule has 22 heavy (non-hydrogen) atoms. The minimum atomic E-state index is -4.03. The van der Waals surface area contributed by atoms with Gasteiger partial charge in [-0.1, -0.05) is 17.7 Å². The number of aryl methyl sites for hydroxylation is 1. The van der Waals surface area contributed by atoms with Gasteiger partial charge in [0.15, 0.2) is 0 Å². The second-order valence-electron chi connectivity index (χ2n) is 4.62. The Labute approximate surface area is 132 Å². The van der Waals surface area contributed by atoms with Crippen molar-refractivity contribution in [1.29, 1.82) is 0 Å². The maximum absolute atomic E-state index is 13.8. The van der Waals surface area contributed by atoms with Crippen LogP contribution in [0.3, 0.4) is 0 Å². The van der Waals surface area contributed by atoms with E-state index in [9.17, 15) is 12.8 Å². The van der Waals surface area contributed by atoms with E-state index in [0.717, 1.165) is 6.07 Å². The molecule has 0 atom stereocenters. The molecular weight excluding hydrogens is 333 g/mol. The Morgan fingerprint density at radius 1 is 1.41 bits per heavy atom. The van der Waals surface area contributed by atoms with Gasteiger partial charge in [0.1, 0.15) is 23.1 Å². The van der Waals surface area contributed by atoms with Crippen LogP contribution in [0.4, 0.5) is 10.1 Å². The van der Waals surface area contributed by atoms with E-state index in [2.05, 4.69) is 9.82 Å². The fourth-order valence-corrected chi connectivity index (χ4v) is 3.87. The van der Waals surface area contributed by atoms with Crippen LogP contribution in [0.2, 0.25) is 5.02 Å². The number of nitrogens with one attached hydrogen (secondary N) is 1. The Hall–Kier alpha value is -1.64. The van der Waals surface area contributed by atoms with Gasteiger partial charge in [0, 0.05) is 7.11 Å². The molecule has 0 saturated carbocycles. The van der Waals surface area contributed by atoms with E-state index >= 15 is 0 Å². The molecule has 0 saturated heterocycles. The van der Waals surface area contributed by atoms with E-state index in [1.807, 2.05) is 0 Å². The third kappa shape index (κ3) is 3.08. The lowest BCUT2D eigenvalue weighted by molar-refractivity contribution is 0.118. The first kappa shape index (κ1) is 16.7. The van der Waals surface area contributed by atoms with Crippen LogP contribution in [0.1, 0.15) is 11.4 Å². The van der Waals surface area contributed by atoms with E-state index in [0.29, 0.717) is 5.69 Å². The minimum Gasteiger partial charge on any atom is -0.362 e. The van der Waals surface area contributed by atoms with Gasteiger partial charge < -0.3 is 4.74 Å². The maximum atomic E-state index is 13.8. The van der Waals surface area contributed by atoms with Crippen LogP contribution in [0, 0.1) is 19.7 Å². The molecule has 0 radical (unpaired) electrons. The van der Waals surface area contributed by atoms with Gasteiger partial charge in [0.25, 0.3) is 10.0 Å². The Kier molecular flexibility index (Phi) is 4.74. The molecule has 0 aliphatic rings.